The number of aromatic nitrogens is 1. The number of amides is 2. The van der Waals surface area contributed by atoms with Crippen molar-refractivity contribution in [3.63, 3.8) is 0 Å². The molecule has 3 N–H and O–H groups in total. The van der Waals surface area contributed by atoms with Crippen molar-refractivity contribution in [2.45, 2.75) is 18.7 Å². The molecule has 0 aliphatic heterocycles. The number of hydrogen-bond acceptors (Lipinski definition) is 6. The number of halogens is 4. The van der Waals surface area contributed by atoms with E-state index in [-0.39, 0.29) is 22.0 Å². The average Bonchev–Trinajstić information content (AvgIpc) is 3.09. The highest BCUT2D eigenvalue weighted by atomic mass is 32.1. The largest absolute Gasteiger partial charge is 0.463 e. The maximum absolute atomic E-state index is 13.5. The number of urea groups is 1. The maximum atomic E-state index is 13.5. The molecule has 1 unspecified atom stereocenters. The van der Waals surface area contributed by atoms with Crippen LogP contribution in [0.3, 0.4) is 0 Å². The number of carbonyl (C=O) groups excluding carboxylic acids is 2. The number of anilines is 2. The predicted molar refractivity (Wildman–Crippen MR) is 105 cm³/mol. The van der Waals surface area contributed by atoms with Gasteiger partial charge in [-0.3, -0.25) is 5.32 Å². The number of ether oxygens (including phenoxy) is 1. The number of hydrogen-bond donors (Lipinski definition) is 3. The lowest BCUT2D eigenvalue weighted by molar-refractivity contribution is -0.267. The van der Waals surface area contributed by atoms with Crippen LogP contribution in [0.1, 0.15) is 12.5 Å². The number of thiazole rings is 1. The first-order valence-electron chi connectivity index (χ1n) is 8.75. The van der Waals surface area contributed by atoms with E-state index in [4.69, 9.17) is 0 Å². The predicted octanol–water partition coefficient (Wildman–Crippen LogP) is 4.39. The summed E-state index contributed by atoms with van der Waals surface area (Å²) in [5.74, 6) is -2.32. The zero-order valence-corrected chi connectivity index (χ0v) is 16.6. The van der Waals surface area contributed by atoms with Gasteiger partial charge in [0.2, 0.25) is 0 Å². The molecule has 12 heteroatoms. The normalized spacial score (nSPS) is 13.5. The molecule has 0 aliphatic rings. The Bertz CT molecular complexity index is 1120. The molecule has 164 valence electrons. The molecule has 1 atom stereocenters. The topological polar surface area (TPSA) is 101 Å². The summed E-state index contributed by atoms with van der Waals surface area (Å²) in [6, 6.07) is 7.33. The molecule has 0 saturated heterocycles. The summed E-state index contributed by atoms with van der Waals surface area (Å²) in [5, 5.41) is 15.1. The number of nitrogens with one attached hydrogen (secondary N) is 2. The molecule has 0 fully saturated rings. The molecule has 2 amide bonds. The van der Waals surface area contributed by atoms with Crippen LogP contribution in [0.5, 0.6) is 0 Å². The lowest BCUT2D eigenvalue weighted by Gasteiger charge is -2.28. The summed E-state index contributed by atoms with van der Waals surface area (Å²) in [4.78, 5) is 28.0. The van der Waals surface area contributed by atoms with Crippen LogP contribution in [0.25, 0.3) is 10.2 Å². The first-order valence-corrected chi connectivity index (χ1v) is 9.57. The fourth-order valence-electron chi connectivity index (χ4n) is 2.63. The lowest BCUT2D eigenvalue weighted by atomic mass is 9.93. The summed E-state index contributed by atoms with van der Waals surface area (Å²) in [6.45, 7) is 0.966. The molecular weight excluding hydrogens is 442 g/mol. The molecule has 0 bridgehead atoms. The zero-order valence-electron chi connectivity index (χ0n) is 15.8. The van der Waals surface area contributed by atoms with Gasteiger partial charge in [-0.25, -0.2) is 19.0 Å². The molecule has 0 radical (unpaired) electrons. The van der Waals surface area contributed by atoms with Gasteiger partial charge < -0.3 is 15.2 Å². The standard InChI is InChI=1S/C19H15F4N3O4S/c1-2-30-15(27)18(29,19(21,22)23)10-3-8-13-14(9-10)31-17(25-13)26-16(28)24-12-6-4-11(20)5-7-12/h3-9,29H,2H2,1H3,(H2,24,25,26,28). The average molecular weight is 457 g/mol. The Kier molecular flexibility index (Phi) is 6.13. The molecule has 2 aromatic carbocycles. The summed E-state index contributed by atoms with van der Waals surface area (Å²) in [7, 11) is 0. The molecule has 0 saturated carbocycles. The van der Waals surface area contributed by atoms with E-state index in [1.807, 2.05) is 0 Å². The van der Waals surface area contributed by atoms with Crippen LogP contribution in [0.4, 0.5) is 33.2 Å². The third kappa shape index (κ3) is 4.59. The third-order valence-corrected chi connectivity index (χ3v) is 5.04. The Hall–Kier alpha value is -3.25. The van der Waals surface area contributed by atoms with Crippen molar-refractivity contribution in [3.05, 3.63) is 53.8 Å². The van der Waals surface area contributed by atoms with E-state index in [1.165, 1.54) is 25.1 Å². The minimum absolute atomic E-state index is 0.0541. The van der Waals surface area contributed by atoms with Crippen LogP contribution in [-0.4, -0.2) is 34.9 Å². The van der Waals surface area contributed by atoms with Gasteiger partial charge in [0, 0.05) is 11.3 Å². The van der Waals surface area contributed by atoms with Crippen LogP contribution in [0.15, 0.2) is 42.5 Å². The second kappa shape index (κ2) is 8.47. The molecular formula is C19H15F4N3O4S. The summed E-state index contributed by atoms with van der Waals surface area (Å²) < 4.78 is 58.1. The molecule has 0 aliphatic carbocycles. The zero-order chi connectivity index (χ0) is 22.8. The minimum atomic E-state index is -5.33. The van der Waals surface area contributed by atoms with Gasteiger partial charge in [-0.15, -0.1) is 0 Å². The number of aliphatic hydroxyl groups is 1. The number of fused-ring (bicyclic) bond motifs is 1. The van der Waals surface area contributed by atoms with Crippen molar-refractivity contribution in [2.24, 2.45) is 0 Å². The Morgan fingerprint density at radius 3 is 2.42 bits per heavy atom. The van der Waals surface area contributed by atoms with Crippen molar-refractivity contribution in [2.75, 3.05) is 17.2 Å². The first kappa shape index (κ1) is 22.4. The SMILES string of the molecule is CCOC(=O)C(O)(c1ccc2nc(NC(=O)Nc3ccc(F)cc3)sc2c1)C(F)(F)F. The minimum Gasteiger partial charge on any atom is -0.463 e. The van der Waals surface area contributed by atoms with Crippen molar-refractivity contribution in [1.29, 1.82) is 0 Å². The van der Waals surface area contributed by atoms with E-state index in [9.17, 15) is 32.3 Å². The number of alkyl halides is 3. The number of carbonyl (C=O) groups is 2. The Labute approximate surface area is 176 Å². The fourth-order valence-corrected chi connectivity index (χ4v) is 3.53. The maximum Gasteiger partial charge on any atom is 0.432 e. The van der Waals surface area contributed by atoms with E-state index in [2.05, 4.69) is 20.4 Å². The van der Waals surface area contributed by atoms with Crippen LogP contribution < -0.4 is 10.6 Å². The van der Waals surface area contributed by atoms with Gasteiger partial charge in [-0.2, -0.15) is 13.2 Å². The summed E-state index contributed by atoms with van der Waals surface area (Å²) in [6.07, 6.45) is -5.33. The Balaban J connectivity index is 1.86. The summed E-state index contributed by atoms with van der Waals surface area (Å²) >= 11 is 0.831. The molecule has 7 nitrogen and oxygen atoms in total. The monoisotopic (exact) mass is 457 g/mol. The summed E-state index contributed by atoms with van der Waals surface area (Å²) in [5.41, 5.74) is -4.04. The van der Waals surface area contributed by atoms with Gasteiger partial charge in [-0.1, -0.05) is 17.4 Å². The lowest BCUT2D eigenvalue weighted by Crippen LogP contribution is -2.50. The van der Waals surface area contributed by atoms with Crippen LogP contribution >= 0.6 is 11.3 Å². The molecule has 0 spiro atoms. The Morgan fingerprint density at radius 2 is 1.81 bits per heavy atom. The molecule has 1 heterocycles. The van der Waals surface area contributed by atoms with E-state index < -0.39 is 35.2 Å². The molecule has 3 aromatic rings. The van der Waals surface area contributed by atoms with Crippen LogP contribution in [0.2, 0.25) is 0 Å². The van der Waals surface area contributed by atoms with Gasteiger partial charge in [0.25, 0.3) is 5.60 Å². The number of esters is 1. The van der Waals surface area contributed by atoms with Crippen LogP contribution in [-0.2, 0) is 15.1 Å². The highest BCUT2D eigenvalue weighted by molar-refractivity contribution is 7.22. The second-order valence-electron chi connectivity index (χ2n) is 6.22. The number of benzene rings is 2. The number of rotatable bonds is 5. The second-order valence-corrected chi connectivity index (χ2v) is 7.25. The first-order chi connectivity index (χ1) is 14.5. The fraction of sp³-hybridized carbons (Fsp3) is 0.211. The van der Waals surface area contributed by atoms with Crippen molar-refractivity contribution < 1.29 is 37.0 Å². The van der Waals surface area contributed by atoms with E-state index in [0.29, 0.717) is 5.69 Å². The van der Waals surface area contributed by atoms with E-state index in [0.717, 1.165) is 35.6 Å². The third-order valence-electron chi connectivity index (χ3n) is 4.11. The molecule has 1 aromatic heterocycles. The Morgan fingerprint density at radius 1 is 1.13 bits per heavy atom. The van der Waals surface area contributed by atoms with Crippen molar-refractivity contribution >= 4 is 44.4 Å². The van der Waals surface area contributed by atoms with Crippen molar-refractivity contribution in [1.82, 2.24) is 4.98 Å². The van der Waals surface area contributed by atoms with Crippen molar-refractivity contribution in [3.8, 4) is 0 Å². The number of nitrogens with zero attached hydrogens (tertiary/aromatic N) is 1. The van der Waals surface area contributed by atoms with E-state index in [1.54, 1.807) is 0 Å². The highest BCUT2D eigenvalue weighted by Gasteiger charge is 2.62. The van der Waals surface area contributed by atoms with Gasteiger partial charge in [-0.05, 0) is 43.3 Å². The quantitative estimate of drug-likeness (QED) is 0.390. The van der Waals surface area contributed by atoms with Crippen LogP contribution in [0, 0.1) is 5.82 Å². The van der Waals surface area contributed by atoms with Gasteiger partial charge >= 0.3 is 18.2 Å². The highest BCUT2D eigenvalue weighted by Crippen LogP contribution is 2.41. The smallest absolute Gasteiger partial charge is 0.432 e. The van der Waals surface area contributed by atoms with Gasteiger partial charge in [0.05, 0.1) is 16.8 Å². The van der Waals surface area contributed by atoms with Gasteiger partial charge in [0.15, 0.2) is 5.13 Å². The van der Waals surface area contributed by atoms with E-state index >= 15 is 0 Å². The molecule has 3 rings (SSSR count). The van der Waals surface area contributed by atoms with Gasteiger partial charge in [0.1, 0.15) is 5.82 Å². The molecule has 31 heavy (non-hydrogen) atoms.